The summed E-state index contributed by atoms with van der Waals surface area (Å²) in [4.78, 5) is 0. The van der Waals surface area contributed by atoms with Gasteiger partial charge >= 0.3 is 0 Å². The first-order valence-electron chi connectivity index (χ1n) is 14.1. The maximum Gasteiger partial charge on any atom is 0.229 e. The lowest BCUT2D eigenvalue weighted by Crippen LogP contribution is -2.14. The molecule has 0 unspecified atom stereocenters. The third kappa shape index (κ3) is 8.92. The molecule has 6 heteroatoms. The van der Waals surface area contributed by atoms with Crippen LogP contribution in [0, 0.1) is 17.8 Å². The fraction of sp³-hybridized carbons (Fsp3) is 0.733. The highest BCUT2D eigenvalue weighted by Gasteiger charge is 2.25. The Kier molecular flexibility index (Phi) is 12.8. The van der Waals surface area contributed by atoms with E-state index in [0.717, 1.165) is 49.5 Å². The summed E-state index contributed by atoms with van der Waals surface area (Å²) in [6, 6.07) is 3.36. The molecule has 3 nitrogen and oxygen atoms in total. The van der Waals surface area contributed by atoms with Crippen LogP contribution in [0.4, 0.5) is 13.2 Å². The second-order valence-electron chi connectivity index (χ2n) is 10.6. The monoisotopic (exact) mass is 510 g/mol. The third-order valence-corrected chi connectivity index (χ3v) is 8.24. The number of unbranched alkanes of at least 4 members (excludes halogenated alkanes) is 2. The molecule has 1 aromatic carbocycles. The number of ether oxygens (including phenoxy) is 3. The van der Waals surface area contributed by atoms with Crippen LogP contribution in [-0.2, 0) is 0 Å². The SMILES string of the molecule is CCCCCC1CCC(/C=C/CCC2CCC(c3cc(OCF)c(OCF)c(OCF)c3)CC2)CC1. The van der Waals surface area contributed by atoms with Crippen molar-refractivity contribution in [1.29, 1.82) is 0 Å². The number of alkyl halides is 3. The van der Waals surface area contributed by atoms with E-state index >= 15 is 0 Å². The van der Waals surface area contributed by atoms with Gasteiger partial charge in [-0.25, -0.2) is 13.2 Å². The Hall–Kier alpha value is -1.85. The van der Waals surface area contributed by atoms with E-state index in [1.165, 1.54) is 57.8 Å². The van der Waals surface area contributed by atoms with E-state index in [2.05, 4.69) is 19.1 Å². The predicted octanol–water partition coefficient (Wildman–Crippen LogP) is 9.60. The highest BCUT2D eigenvalue weighted by Crippen LogP contribution is 2.45. The van der Waals surface area contributed by atoms with Gasteiger partial charge in [-0.1, -0.05) is 44.8 Å². The summed E-state index contributed by atoms with van der Waals surface area (Å²) in [5.41, 5.74) is 0.900. The van der Waals surface area contributed by atoms with Crippen molar-refractivity contribution >= 4 is 0 Å². The molecule has 2 fully saturated rings. The lowest BCUT2D eigenvalue weighted by molar-refractivity contribution is 0.139. The van der Waals surface area contributed by atoms with Crippen LogP contribution in [0.2, 0.25) is 0 Å². The maximum absolute atomic E-state index is 12.9. The van der Waals surface area contributed by atoms with E-state index in [1.54, 1.807) is 12.1 Å². The molecule has 2 aliphatic carbocycles. The maximum atomic E-state index is 12.9. The largest absolute Gasteiger partial charge is 0.459 e. The van der Waals surface area contributed by atoms with Crippen LogP contribution in [0.15, 0.2) is 24.3 Å². The first-order valence-corrected chi connectivity index (χ1v) is 14.1. The molecule has 0 amide bonds. The lowest BCUT2D eigenvalue weighted by atomic mass is 9.77. The molecule has 3 rings (SSSR count). The molecule has 0 atom stereocenters. The van der Waals surface area contributed by atoms with Gasteiger partial charge in [0, 0.05) is 0 Å². The van der Waals surface area contributed by atoms with Crippen molar-refractivity contribution in [2.45, 2.75) is 103 Å². The Morgan fingerprint density at radius 1 is 0.750 bits per heavy atom. The molecule has 2 aliphatic rings. The van der Waals surface area contributed by atoms with Crippen molar-refractivity contribution in [3.8, 4) is 17.2 Å². The van der Waals surface area contributed by atoms with Crippen LogP contribution in [0.5, 0.6) is 17.2 Å². The van der Waals surface area contributed by atoms with Crippen LogP contribution in [0.3, 0.4) is 0 Å². The summed E-state index contributed by atoms with van der Waals surface area (Å²) in [6.07, 6.45) is 22.6. The van der Waals surface area contributed by atoms with Gasteiger partial charge in [-0.2, -0.15) is 0 Å². The zero-order valence-electron chi connectivity index (χ0n) is 22.0. The second-order valence-corrected chi connectivity index (χ2v) is 10.6. The van der Waals surface area contributed by atoms with Gasteiger partial charge in [0.2, 0.25) is 26.3 Å². The summed E-state index contributed by atoms with van der Waals surface area (Å²) in [5.74, 6) is 2.71. The number of hydrogen-bond acceptors (Lipinski definition) is 3. The summed E-state index contributed by atoms with van der Waals surface area (Å²) in [6.45, 7) is -1.02. The van der Waals surface area contributed by atoms with Gasteiger partial charge in [-0.05, 0) is 106 Å². The molecule has 0 aromatic heterocycles. The Bertz CT molecular complexity index is 742. The summed E-state index contributed by atoms with van der Waals surface area (Å²) in [7, 11) is 0. The van der Waals surface area contributed by atoms with E-state index in [1.807, 2.05) is 0 Å². The van der Waals surface area contributed by atoms with E-state index in [9.17, 15) is 13.2 Å². The lowest BCUT2D eigenvalue weighted by Gasteiger charge is -2.29. The Balaban J connectivity index is 1.43. The molecule has 0 aliphatic heterocycles. The average molecular weight is 511 g/mol. The van der Waals surface area contributed by atoms with Gasteiger partial charge in [0.05, 0.1) is 0 Å². The van der Waals surface area contributed by atoms with E-state index in [-0.39, 0.29) is 23.2 Å². The topological polar surface area (TPSA) is 27.7 Å². The summed E-state index contributed by atoms with van der Waals surface area (Å²) in [5, 5.41) is 0. The van der Waals surface area contributed by atoms with Gasteiger partial charge in [-0.3, -0.25) is 0 Å². The Morgan fingerprint density at radius 3 is 1.92 bits per heavy atom. The van der Waals surface area contributed by atoms with Gasteiger partial charge in [0.1, 0.15) is 0 Å². The predicted molar refractivity (Wildman–Crippen MR) is 139 cm³/mol. The van der Waals surface area contributed by atoms with Gasteiger partial charge < -0.3 is 14.2 Å². The van der Waals surface area contributed by atoms with Crippen molar-refractivity contribution in [3.05, 3.63) is 29.8 Å². The minimum atomic E-state index is -1.13. The zero-order valence-corrected chi connectivity index (χ0v) is 22.0. The number of allylic oxidation sites excluding steroid dienone is 2. The van der Waals surface area contributed by atoms with Gasteiger partial charge in [0.15, 0.2) is 11.5 Å². The molecular formula is C30H45F3O3. The number of rotatable bonds is 15. The van der Waals surface area contributed by atoms with Crippen molar-refractivity contribution in [2.75, 3.05) is 20.6 Å². The van der Waals surface area contributed by atoms with Crippen molar-refractivity contribution in [3.63, 3.8) is 0 Å². The quantitative estimate of drug-likeness (QED) is 0.174. The molecule has 2 saturated carbocycles. The zero-order chi connectivity index (χ0) is 25.6. The molecule has 204 valence electrons. The Labute approximate surface area is 215 Å². The molecule has 0 saturated heterocycles. The highest BCUT2D eigenvalue weighted by molar-refractivity contribution is 5.54. The molecule has 0 heterocycles. The minimum absolute atomic E-state index is 0.0540. The minimum Gasteiger partial charge on any atom is -0.459 e. The number of benzene rings is 1. The van der Waals surface area contributed by atoms with E-state index in [0.29, 0.717) is 5.92 Å². The van der Waals surface area contributed by atoms with Crippen LogP contribution >= 0.6 is 0 Å². The standard InChI is InChI=1S/C30H45F3O3/c1-2-3-4-7-23-10-12-24(13-11-23)8-5-6-9-25-14-16-26(17-15-25)27-18-28(34-20-31)30(36-22-33)29(19-27)35-21-32/h5,8,18-19,23-26H,2-4,6-7,9-17,20-22H2,1H3/b8-5+. The Morgan fingerprint density at radius 2 is 1.33 bits per heavy atom. The highest BCUT2D eigenvalue weighted by atomic mass is 19.1. The van der Waals surface area contributed by atoms with Crippen molar-refractivity contribution < 1.29 is 27.4 Å². The van der Waals surface area contributed by atoms with Crippen LogP contribution < -0.4 is 14.2 Å². The fourth-order valence-corrected chi connectivity index (χ4v) is 6.12. The van der Waals surface area contributed by atoms with E-state index < -0.39 is 20.6 Å². The van der Waals surface area contributed by atoms with Crippen LogP contribution in [0.1, 0.15) is 108 Å². The van der Waals surface area contributed by atoms with Crippen LogP contribution in [-0.4, -0.2) is 20.6 Å². The molecule has 36 heavy (non-hydrogen) atoms. The summed E-state index contributed by atoms with van der Waals surface area (Å²) >= 11 is 0. The first-order chi connectivity index (χ1) is 17.7. The van der Waals surface area contributed by atoms with Gasteiger partial charge in [-0.15, -0.1) is 0 Å². The fourth-order valence-electron chi connectivity index (χ4n) is 6.12. The summed E-state index contributed by atoms with van der Waals surface area (Å²) < 4.78 is 53.5. The molecule has 0 radical (unpaired) electrons. The normalized spacial score (nSPS) is 24.7. The molecular weight excluding hydrogens is 465 g/mol. The van der Waals surface area contributed by atoms with Crippen molar-refractivity contribution in [2.24, 2.45) is 17.8 Å². The first kappa shape index (κ1) is 28.7. The average Bonchev–Trinajstić information content (AvgIpc) is 2.90. The second kappa shape index (κ2) is 16.1. The van der Waals surface area contributed by atoms with Crippen molar-refractivity contribution in [1.82, 2.24) is 0 Å². The number of hydrogen-bond donors (Lipinski definition) is 0. The molecule has 1 aromatic rings. The molecule has 0 bridgehead atoms. The third-order valence-electron chi connectivity index (χ3n) is 8.24. The molecule has 0 spiro atoms. The van der Waals surface area contributed by atoms with E-state index in [4.69, 9.17) is 14.2 Å². The molecule has 0 N–H and O–H groups in total. The van der Waals surface area contributed by atoms with Crippen LogP contribution in [0.25, 0.3) is 0 Å². The smallest absolute Gasteiger partial charge is 0.229 e. The number of halogens is 3. The van der Waals surface area contributed by atoms with Gasteiger partial charge in [0.25, 0.3) is 0 Å².